The van der Waals surface area contributed by atoms with E-state index < -0.39 is 0 Å². The Morgan fingerprint density at radius 2 is 2.00 bits per heavy atom. The smallest absolute Gasteiger partial charge is 0.0948 e. The lowest BCUT2D eigenvalue weighted by Gasteiger charge is -2.21. The van der Waals surface area contributed by atoms with Crippen LogP contribution in [0.15, 0.2) is 12.5 Å². The molecule has 0 aliphatic carbocycles. The van der Waals surface area contributed by atoms with Gasteiger partial charge in [-0.1, -0.05) is 0 Å². The minimum Gasteiger partial charge on any atom is -0.395 e. The van der Waals surface area contributed by atoms with Gasteiger partial charge in [0.15, 0.2) is 0 Å². The zero-order valence-electron chi connectivity index (χ0n) is 11.3. The summed E-state index contributed by atoms with van der Waals surface area (Å²) >= 11 is 0. The Morgan fingerprint density at radius 3 is 2.78 bits per heavy atom. The van der Waals surface area contributed by atoms with E-state index in [1.54, 1.807) is 0 Å². The predicted molar refractivity (Wildman–Crippen MR) is 71.3 cm³/mol. The number of hydrogen-bond donors (Lipinski definition) is 1. The number of hydrogen-bond acceptors (Lipinski definition) is 4. The number of nitrogens with zero attached hydrogens (tertiary/aromatic N) is 4. The molecule has 1 saturated heterocycles. The summed E-state index contributed by atoms with van der Waals surface area (Å²) in [7, 11) is 0. The van der Waals surface area contributed by atoms with Crippen molar-refractivity contribution >= 4 is 0 Å². The highest BCUT2D eigenvalue weighted by Crippen LogP contribution is 2.08. The molecule has 102 valence electrons. The van der Waals surface area contributed by atoms with E-state index in [9.17, 15) is 0 Å². The van der Waals surface area contributed by atoms with Crippen LogP contribution in [0.3, 0.4) is 0 Å². The first kappa shape index (κ1) is 13.5. The van der Waals surface area contributed by atoms with E-state index in [0.717, 1.165) is 45.8 Å². The van der Waals surface area contributed by atoms with Gasteiger partial charge in [-0.2, -0.15) is 0 Å². The normalized spacial score (nSPS) is 19.0. The van der Waals surface area contributed by atoms with Crippen molar-refractivity contribution in [1.29, 1.82) is 0 Å². The van der Waals surface area contributed by atoms with Crippen LogP contribution in [-0.4, -0.2) is 63.8 Å². The number of β-amino-alcohol motifs (C(OH)–C–C–N with tert-alkyl or cyclic N) is 1. The molecule has 1 N–H and O–H groups in total. The Bertz CT molecular complexity index is 353. The Hall–Kier alpha value is -0.910. The third-order valence-corrected chi connectivity index (χ3v) is 3.62. The molecule has 0 radical (unpaired) electrons. The summed E-state index contributed by atoms with van der Waals surface area (Å²) < 4.78 is 2.20. The zero-order chi connectivity index (χ0) is 12.8. The zero-order valence-corrected chi connectivity index (χ0v) is 11.3. The van der Waals surface area contributed by atoms with Gasteiger partial charge in [-0.25, -0.2) is 4.98 Å². The maximum absolute atomic E-state index is 8.99. The molecule has 1 aliphatic rings. The molecule has 0 bridgehead atoms. The Balaban J connectivity index is 1.87. The van der Waals surface area contributed by atoms with E-state index >= 15 is 0 Å². The van der Waals surface area contributed by atoms with Crippen LogP contribution in [0.25, 0.3) is 0 Å². The van der Waals surface area contributed by atoms with Gasteiger partial charge in [0.05, 0.1) is 18.6 Å². The highest BCUT2D eigenvalue weighted by Gasteiger charge is 2.15. The van der Waals surface area contributed by atoms with E-state index in [-0.39, 0.29) is 6.61 Å². The molecule has 2 rings (SSSR count). The van der Waals surface area contributed by atoms with Gasteiger partial charge in [-0.3, -0.25) is 9.80 Å². The van der Waals surface area contributed by atoms with Gasteiger partial charge in [-0.15, -0.1) is 0 Å². The van der Waals surface area contributed by atoms with Crippen LogP contribution in [0.2, 0.25) is 0 Å². The molecule has 0 spiro atoms. The van der Waals surface area contributed by atoms with Crippen molar-refractivity contribution < 1.29 is 5.11 Å². The molecule has 1 aliphatic heterocycles. The Labute approximate surface area is 109 Å². The molecule has 0 amide bonds. The molecular weight excluding hydrogens is 228 g/mol. The van der Waals surface area contributed by atoms with Crippen molar-refractivity contribution in [3.05, 3.63) is 18.2 Å². The average Bonchev–Trinajstić information content (AvgIpc) is 2.71. The van der Waals surface area contributed by atoms with Crippen molar-refractivity contribution in [2.45, 2.75) is 26.4 Å². The van der Waals surface area contributed by atoms with Crippen LogP contribution in [0.5, 0.6) is 0 Å². The first-order valence-corrected chi connectivity index (χ1v) is 6.88. The monoisotopic (exact) mass is 252 g/mol. The molecule has 5 nitrogen and oxygen atoms in total. The van der Waals surface area contributed by atoms with E-state index in [4.69, 9.17) is 5.11 Å². The molecule has 2 heterocycles. The van der Waals surface area contributed by atoms with Gasteiger partial charge >= 0.3 is 0 Å². The summed E-state index contributed by atoms with van der Waals surface area (Å²) in [6.07, 6.45) is 5.06. The van der Waals surface area contributed by atoms with Gasteiger partial charge in [0.25, 0.3) is 0 Å². The largest absolute Gasteiger partial charge is 0.395 e. The fourth-order valence-electron chi connectivity index (χ4n) is 2.54. The number of imidazole rings is 1. The van der Waals surface area contributed by atoms with Crippen molar-refractivity contribution in [2.75, 3.05) is 39.3 Å². The first-order valence-electron chi connectivity index (χ1n) is 6.88. The molecule has 0 saturated carbocycles. The predicted octanol–water partition coefficient (Wildman–Crippen LogP) is 0.403. The number of aliphatic hydroxyl groups excluding tert-OH is 1. The molecule has 0 atom stereocenters. The molecular formula is C13H24N4O. The quantitative estimate of drug-likeness (QED) is 0.824. The summed E-state index contributed by atoms with van der Waals surface area (Å²) in [6.45, 7) is 9.57. The Kier molecular flexibility index (Phi) is 5.16. The topological polar surface area (TPSA) is 44.5 Å². The van der Waals surface area contributed by atoms with Crippen molar-refractivity contribution in [2.24, 2.45) is 0 Å². The fourth-order valence-corrected chi connectivity index (χ4v) is 2.54. The van der Waals surface area contributed by atoms with Crippen LogP contribution in [0, 0.1) is 0 Å². The first-order chi connectivity index (χ1) is 8.83. The number of rotatable bonds is 5. The Morgan fingerprint density at radius 1 is 1.22 bits per heavy atom. The van der Waals surface area contributed by atoms with Crippen LogP contribution >= 0.6 is 0 Å². The summed E-state index contributed by atoms with van der Waals surface area (Å²) in [4.78, 5) is 9.05. The fraction of sp³-hybridized carbons (Fsp3) is 0.769. The molecule has 18 heavy (non-hydrogen) atoms. The molecule has 0 aromatic carbocycles. The van der Waals surface area contributed by atoms with Crippen molar-refractivity contribution in [1.82, 2.24) is 19.4 Å². The molecule has 1 aromatic heterocycles. The lowest BCUT2D eigenvalue weighted by atomic mass is 10.3. The van der Waals surface area contributed by atoms with Crippen LogP contribution in [0.1, 0.15) is 19.0 Å². The lowest BCUT2D eigenvalue weighted by Crippen LogP contribution is -2.32. The molecule has 1 aromatic rings. The van der Waals surface area contributed by atoms with Gasteiger partial charge in [0.2, 0.25) is 0 Å². The maximum Gasteiger partial charge on any atom is 0.0948 e. The number of aryl methyl sites for hydroxylation is 1. The minimum absolute atomic E-state index is 0.266. The van der Waals surface area contributed by atoms with Crippen molar-refractivity contribution in [3.8, 4) is 0 Å². The van der Waals surface area contributed by atoms with Crippen molar-refractivity contribution in [3.63, 3.8) is 0 Å². The van der Waals surface area contributed by atoms with E-state index in [1.165, 1.54) is 12.1 Å². The lowest BCUT2D eigenvalue weighted by molar-refractivity contribution is 0.195. The number of aromatic nitrogens is 2. The minimum atomic E-state index is 0.266. The second-order valence-corrected chi connectivity index (χ2v) is 4.87. The van der Waals surface area contributed by atoms with Gasteiger partial charge in [0, 0.05) is 38.9 Å². The van der Waals surface area contributed by atoms with Gasteiger partial charge in [0.1, 0.15) is 0 Å². The highest BCUT2D eigenvalue weighted by molar-refractivity contribution is 4.98. The summed E-state index contributed by atoms with van der Waals surface area (Å²) in [5.74, 6) is 0. The number of aliphatic hydroxyl groups is 1. The molecule has 5 heteroatoms. The van der Waals surface area contributed by atoms with Crippen LogP contribution in [0.4, 0.5) is 0 Å². The van der Waals surface area contributed by atoms with Crippen LogP contribution in [-0.2, 0) is 13.1 Å². The average molecular weight is 252 g/mol. The molecule has 0 unspecified atom stereocenters. The van der Waals surface area contributed by atoms with E-state index in [1.807, 2.05) is 12.5 Å². The summed E-state index contributed by atoms with van der Waals surface area (Å²) in [5, 5.41) is 8.99. The third-order valence-electron chi connectivity index (χ3n) is 3.62. The maximum atomic E-state index is 8.99. The second-order valence-electron chi connectivity index (χ2n) is 4.87. The van der Waals surface area contributed by atoms with Crippen LogP contribution < -0.4 is 0 Å². The summed E-state index contributed by atoms with van der Waals surface area (Å²) in [6, 6.07) is 0. The van der Waals surface area contributed by atoms with E-state index in [0.29, 0.717) is 0 Å². The van der Waals surface area contributed by atoms with Gasteiger partial charge in [-0.05, 0) is 26.4 Å². The standard InChI is InChI=1S/C13H24N4O/c1-2-17-12-14-10-13(17)11-16-5-3-4-15(6-7-16)8-9-18/h10,12,18H,2-9,11H2,1H3. The molecule has 1 fully saturated rings. The SMILES string of the molecule is CCn1cncc1CN1CCCN(CCO)CC1. The second kappa shape index (κ2) is 6.87. The third kappa shape index (κ3) is 3.54. The summed E-state index contributed by atoms with van der Waals surface area (Å²) in [5.41, 5.74) is 1.30. The van der Waals surface area contributed by atoms with E-state index in [2.05, 4.69) is 26.3 Å². The highest BCUT2D eigenvalue weighted by atomic mass is 16.3. The van der Waals surface area contributed by atoms with Gasteiger partial charge < -0.3 is 9.67 Å².